The first-order valence-electron chi connectivity index (χ1n) is 5.05. The van der Waals surface area contributed by atoms with E-state index in [1.54, 1.807) is 4.68 Å². The Morgan fingerprint density at radius 1 is 1.20 bits per heavy atom. The van der Waals surface area contributed by atoms with Crippen LogP contribution in [0.5, 0.6) is 0 Å². The molecule has 0 spiro atoms. The molecule has 1 N–H and O–H groups in total. The molecule has 2 aromatic rings. The molecular weight excluding hydrogens is 188 g/mol. The van der Waals surface area contributed by atoms with Crippen molar-refractivity contribution in [3.8, 4) is 5.69 Å². The fourth-order valence-electron chi connectivity index (χ4n) is 1.54. The first-order valence-corrected chi connectivity index (χ1v) is 5.05. The molecule has 0 amide bonds. The van der Waals surface area contributed by atoms with Crippen molar-refractivity contribution >= 4 is 0 Å². The van der Waals surface area contributed by atoms with E-state index in [1.807, 2.05) is 50.4 Å². The normalized spacial score (nSPS) is 10.9. The van der Waals surface area contributed by atoms with Crippen molar-refractivity contribution in [3.05, 3.63) is 52.4 Å². The molecular formula is C12H14N2O. The van der Waals surface area contributed by atoms with Crippen molar-refractivity contribution in [2.75, 3.05) is 0 Å². The maximum absolute atomic E-state index is 11.6. The van der Waals surface area contributed by atoms with Crippen molar-refractivity contribution < 1.29 is 0 Å². The zero-order valence-corrected chi connectivity index (χ0v) is 8.90. The Bertz CT molecular complexity index is 494. The summed E-state index contributed by atoms with van der Waals surface area (Å²) >= 11 is 0. The molecule has 1 aromatic carbocycles. The van der Waals surface area contributed by atoms with E-state index in [-0.39, 0.29) is 11.5 Å². The van der Waals surface area contributed by atoms with Gasteiger partial charge in [0.25, 0.3) is 5.56 Å². The standard InChI is InChI=1S/C12H14N2O/c1-9(2)11-8-14(13-12(11)15)10-6-4-3-5-7-10/h3-9H,1-2H3,(H,13,15). The van der Waals surface area contributed by atoms with Gasteiger partial charge in [0.1, 0.15) is 0 Å². The zero-order chi connectivity index (χ0) is 10.8. The lowest BCUT2D eigenvalue weighted by Crippen LogP contribution is -2.08. The topological polar surface area (TPSA) is 37.8 Å². The summed E-state index contributed by atoms with van der Waals surface area (Å²) < 4.78 is 1.76. The Morgan fingerprint density at radius 2 is 1.87 bits per heavy atom. The smallest absolute Gasteiger partial charge is 0.267 e. The molecule has 2 rings (SSSR count). The summed E-state index contributed by atoms with van der Waals surface area (Å²) in [7, 11) is 0. The van der Waals surface area contributed by atoms with Gasteiger partial charge in [0.05, 0.1) is 5.69 Å². The van der Waals surface area contributed by atoms with Gasteiger partial charge in [-0.3, -0.25) is 14.6 Å². The van der Waals surface area contributed by atoms with Gasteiger partial charge in [0, 0.05) is 11.8 Å². The minimum atomic E-state index is -0.00569. The van der Waals surface area contributed by atoms with E-state index >= 15 is 0 Å². The van der Waals surface area contributed by atoms with Crippen molar-refractivity contribution in [1.82, 2.24) is 9.78 Å². The van der Waals surface area contributed by atoms with E-state index in [4.69, 9.17) is 0 Å². The molecule has 0 fully saturated rings. The van der Waals surface area contributed by atoms with Crippen LogP contribution in [0.2, 0.25) is 0 Å². The highest BCUT2D eigenvalue weighted by molar-refractivity contribution is 5.31. The van der Waals surface area contributed by atoms with E-state index in [0.717, 1.165) is 11.3 Å². The SMILES string of the molecule is CC(C)c1cn(-c2ccccc2)[nH]c1=O. The van der Waals surface area contributed by atoms with E-state index in [0.29, 0.717) is 0 Å². The molecule has 0 unspecified atom stereocenters. The van der Waals surface area contributed by atoms with Gasteiger partial charge in [-0.05, 0) is 18.1 Å². The number of nitrogens with zero attached hydrogens (tertiary/aromatic N) is 1. The Labute approximate surface area is 88.4 Å². The highest BCUT2D eigenvalue weighted by Crippen LogP contribution is 2.11. The van der Waals surface area contributed by atoms with E-state index < -0.39 is 0 Å². The minimum absolute atomic E-state index is 0.00569. The summed E-state index contributed by atoms with van der Waals surface area (Å²) in [6, 6.07) is 9.76. The van der Waals surface area contributed by atoms with Crippen LogP contribution in [0.4, 0.5) is 0 Å². The fourth-order valence-corrected chi connectivity index (χ4v) is 1.54. The second-order valence-electron chi connectivity index (χ2n) is 3.89. The van der Waals surface area contributed by atoms with Crippen LogP contribution in [-0.4, -0.2) is 9.78 Å². The van der Waals surface area contributed by atoms with Crippen LogP contribution in [0.15, 0.2) is 41.3 Å². The quantitative estimate of drug-likeness (QED) is 0.797. The molecule has 0 radical (unpaired) electrons. The number of hydrogen-bond acceptors (Lipinski definition) is 1. The van der Waals surface area contributed by atoms with Crippen molar-refractivity contribution in [1.29, 1.82) is 0 Å². The molecule has 0 aliphatic heterocycles. The Hall–Kier alpha value is -1.77. The van der Waals surface area contributed by atoms with Gasteiger partial charge >= 0.3 is 0 Å². The lowest BCUT2D eigenvalue weighted by Gasteiger charge is -2.00. The summed E-state index contributed by atoms with van der Waals surface area (Å²) in [5.74, 6) is 0.249. The predicted molar refractivity (Wildman–Crippen MR) is 60.5 cm³/mol. The summed E-state index contributed by atoms with van der Waals surface area (Å²) in [4.78, 5) is 11.6. The minimum Gasteiger partial charge on any atom is -0.268 e. The van der Waals surface area contributed by atoms with Gasteiger partial charge in [0.2, 0.25) is 0 Å². The average Bonchev–Trinajstić information content (AvgIpc) is 2.62. The monoisotopic (exact) mass is 202 g/mol. The molecule has 0 bridgehead atoms. The average molecular weight is 202 g/mol. The van der Waals surface area contributed by atoms with Crippen molar-refractivity contribution in [2.24, 2.45) is 0 Å². The second-order valence-corrected chi connectivity index (χ2v) is 3.89. The van der Waals surface area contributed by atoms with E-state index in [9.17, 15) is 4.79 Å². The molecule has 0 aliphatic carbocycles. The fraction of sp³-hybridized carbons (Fsp3) is 0.250. The highest BCUT2D eigenvalue weighted by atomic mass is 16.1. The maximum atomic E-state index is 11.6. The van der Waals surface area contributed by atoms with Crippen molar-refractivity contribution in [3.63, 3.8) is 0 Å². The molecule has 15 heavy (non-hydrogen) atoms. The first kappa shape index (κ1) is 9.77. The Balaban J connectivity index is 2.48. The van der Waals surface area contributed by atoms with Crippen LogP contribution in [0, 0.1) is 0 Å². The predicted octanol–water partition coefficient (Wildman–Crippen LogP) is 2.29. The van der Waals surface area contributed by atoms with Crippen LogP contribution in [0.3, 0.4) is 0 Å². The molecule has 3 heteroatoms. The number of aromatic nitrogens is 2. The van der Waals surface area contributed by atoms with E-state index in [2.05, 4.69) is 5.10 Å². The first-order chi connectivity index (χ1) is 7.18. The van der Waals surface area contributed by atoms with Crippen LogP contribution in [-0.2, 0) is 0 Å². The van der Waals surface area contributed by atoms with Gasteiger partial charge in [-0.25, -0.2) is 0 Å². The third kappa shape index (κ3) is 1.86. The van der Waals surface area contributed by atoms with Gasteiger partial charge in [-0.1, -0.05) is 32.0 Å². The summed E-state index contributed by atoms with van der Waals surface area (Å²) in [6.07, 6.45) is 1.86. The maximum Gasteiger partial charge on any atom is 0.267 e. The number of rotatable bonds is 2. The summed E-state index contributed by atoms with van der Waals surface area (Å²) in [5, 5.41) is 2.80. The summed E-state index contributed by atoms with van der Waals surface area (Å²) in [6.45, 7) is 4.03. The van der Waals surface area contributed by atoms with Crippen LogP contribution < -0.4 is 5.56 Å². The third-order valence-electron chi connectivity index (χ3n) is 2.41. The number of hydrogen-bond donors (Lipinski definition) is 1. The molecule has 1 aromatic heterocycles. The molecule has 0 saturated carbocycles. The Morgan fingerprint density at radius 3 is 2.40 bits per heavy atom. The van der Waals surface area contributed by atoms with Gasteiger partial charge in [0.15, 0.2) is 0 Å². The molecule has 1 heterocycles. The van der Waals surface area contributed by atoms with Crippen LogP contribution >= 0.6 is 0 Å². The van der Waals surface area contributed by atoms with Crippen LogP contribution in [0.25, 0.3) is 5.69 Å². The molecule has 3 nitrogen and oxygen atoms in total. The number of H-pyrrole nitrogens is 1. The molecule has 78 valence electrons. The van der Waals surface area contributed by atoms with Gasteiger partial charge in [-0.15, -0.1) is 0 Å². The Kier molecular flexibility index (Phi) is 2.46. The second kappa shape index (κ2) is 3.77. The number of nitrogens with one attached hydrogen (secondary N) is 1. The van der Waals surface area contributed by atoms with E-state index in [1.165, 1.54) is 0 Å². The molecule has 0 aliphatic rings. The molecule has 0 atom stereocenters. The zero-order valence-electron chi connectivity index (χ0n) is 8.90. The highest BCUT2D eigenvalue weighted by Gasteiger charge is 2.08. The lowest BCUT2D eigenvalue weighted by molar-refractivity contribution is 0.857. The third-order valence-corrected chi connectivity index (χ3v) is 2.41. The summed E-state index contributed by atoms with van der Waals surface area (Å²) in [5.41, 5.74) is 1.79. The van der Waals surface area contributed by atoms with Crippen LogP contribution in [0.1, 0.15) is 25.3 Å². The van der Waals surface area contributed by atoms with Gasteiger partial charge in [-0.2, -0.15) is 0 Å². The molecule has 0 saturated heterocycles. The largest absolute Gasteiger partial charge is 0.268 e. The number of benzene rings is 1. The van der Waals surface area contributed by atoms with Gasteiger partial charge < -0.3 is 0 Å². The number of para-hydroxylation sites is 1. The number of aromatic amines is 1. The lowest BCUT2D eigenvalue weighted by atomic mass is 10.1. The van der Waals surface area contributed by atoms with Crippen molar-refractivity contribution in [2.45, 2.75) is 19.8 Å².